The lowest BCUT2D eigenvalue weighted by Crippen LogP contribution is -2.24. The summed E-state index contributed by atoms with van der Waals surface area (Å²) in [6.45, 7) is 3.88. The van der Waals surface area contributed by atoms with Gasteiger partial charge < -0.3 is 5.32 Å². The molecule has 1 heterocycles. The normalized spacial score (nSPS) is 10.7. The summed E-state index contributed by atoms with van der Waals surface area (Å²) in [5.74, 6) is -0.346. The Balaban J connectivity index is 1.72. The van der Waals surface area contributed by atoms with Crippen molar-refractivity contribution in [1.82, 2.24) is 9.55 Å². The molecule has 0 atom stereocenters. The zero-order valence-electron chi connectivity index (χ0n) is 17.9. The molecule has 0 spiro atoms. The van der Waals surface area contributed by atoms with E-state index in [1.165, 1.54) is 6.07 Å². The van der Waals surface area contributed by atoms with Crippen LogP contribution < -0.4 is 10.9 Å². The predicted molar refractivity (Wildman–Crippen MR) is 132 cm³/mol. The summed E-state index contributed by atoms with van der Waals surface area (Å²) in [4.78, 5) is 30.9. The number of nitrogens with zero attached hydrogens (tertiary/aromatic N) is 3. The van der Waals surface area contributed by atoms with Crippen LogP contribution in [0.1, 0.15) is 16.7 Å². The first-order valence-corrected chi connectivity index (χ1v) is 11.5. The first-order chi connectivity index (χ1) is 15.9. The number of para-hydroxylation sites is 2. The molecule has 3 aromatic carbocycles. The smallest absolute Gasteiger partial charge is 0.266 e. The van der Waals surface area contributed by atoms with Gasteiger partial charge in [0.05, 0.1) is 33.6 Å². The zero-order valence-corrected chi connectivity index (χ0v) is 19.5. The Morgan fingerprint density at radius 2 is 1.85 bits per heavy atom. The molecule has 8 heteroatoms. The minimum atomic E-state index is -0.339. The number of halogens is 1. The highest BCUT2D eigenvalue weighted by Crippen LogP contribution is 2.26. The number of fused-ring (bicyclic) bond motifs is 1. The molecule has 4 rings (SSSR count). The first kappa shape index (κ1) is 22.6. The van der Waals surface area contributed by atoms with Crippen LogP contribution in [0.4, 0.5) is 5.69 Å². The minimum absolute atomic E-state index is 0.00685. The fourth-order valence-corrected chi connectivity index (χ4v) is 4.57. The summed E-state index contributed by atoms with van der Waals surface area (Å²) in [6.07, 6.45) is 0. The fraction of sp³-hybridized carbons (Fsp3) is 0.120. The van der Waals surface area contributed by atoms with Crippen molar-refractivity contribution in [3.63, 3.8) is 0 Å². The molecular formula is C25H19ClN4O2S. The van der Waals surface area contributed by atoms with Gasteiger partial charge in [-0.25, -0.2) is 4.98 Å². The van der Waals surface area contributed by atoms with E-state index >= 15 is 0 Å². The summed E-state index contributed by atoms with van der Waals surface area (Å²) in [6, 6.07) is 19.7. The van der Waals surface area contributed by atoms with Crippen molar-refractivity contribution in [2.24, 2.45) is 0 Å². The molecule has 0 saturated heterocycles. The topological polar surface area (TPSA) is 87.8 Å². The molecule has 6 nitrogen and oxygen atoms in total. The number of amides is 1. The summed E-state index contributed by atoms with van der Waals surface area (Å²) in [5.41, 5.74) is 3.64. The van der Waals surface area contributed by atoms with Gasteiger partial charge in [0.1, 0.15) is 6.07 Å². The number of carbonyl (C=O) groups is 1. The van der Waals surface area contributed by atoms with Gasteiger partial charge in [-0.2, -0.15) is 5.26 Å². The molecule has 1 N–H and O–H groups in total. The lowest BCUT2D eigenvalue weighted by Gasteiger charge is -2.17. The van der Waals surface area contributed by atoms with Crippen LogP contribution >= 0.6 is 23.4 Å². The number of carbonyl (C=O) groups excluding carboxylic acids is 1. The van der Waals surface area contributed by atoms with Crippen LogP contribution in [0.3, 0.4) is 0 Å². The number of thioether (sulfide) groups is 1. The maximum absolute atomic E-state index is 13.5. The average Bonchev–Trinajstić information content (AvgIpc) is 2.79. The molecular weight excluding hydrogens is 456 g/mol. The molecule has 0 fully saturated rings. The maximum Gasteiger partial charge on any atom is 0.266 e. The van der Waals surface area contributed by atoms with Crippen molar-refractivity contribution >= 4 is 45.9 Å². The van der Waals surface area contributed by atoms with Gasteiger partial charge in [-0.05, 0) is 55.3 Å². The molecule has 0 radical (unpaired) electrons. The Morgan fingerprint density at radius 1 is 1.12 bits per heavy atom. The van der Waals surface area contributed by atoms with Crippen LogP contribution in [0, 0.1) is 25.2 Å². The van der Waals surface area contributed by atoms with Crippen molar-refractivity contribution in [2.45, 2.75) is 19.0 Å². The standard InChI is InChI=1S/C25H19ClN4O2S/c1-15-6-5-7-16(2)23(15)30-24(32)19-8-3-4-9-20(19)29-25(30)33-14-22(31)28-21-12-18(26)11-10-17(21)13-27/h3-12H,14H2,1-2H3,(H,28,31). The summed E-state index contributed by atoms with van der Waals surface area (Å²) < 4.78 is 1.57. The molecule has 0 aliphatic heterocycles. The number of hydrogen-bond donors (Lipinski definition) is 1. The van der Waals surface area contributed by atoms with Crippen molar-refractivity contribution in [2.75, 3.05) is 11.1 Å². The molecule has 1 amide bonds. The average molecular weight is 475 g/mol. The molecule has 0 bridgehead atoms. The van der Waals surface area contributed by atoms with Crippen LogP contribution in [0.15, 0.2) is 70.6 Å². The highest BCUT2D eigenvalue weighted by Gasteiger charge is 2.18. The number of aryl methyl sites for hydroxylation is 2. The van der Waals surface area contributed by atoms with Crippen molar-refractivity contribution in [3.8, 4) is 11.8 Å². The van der Waals surface area contributed by atoms with E-state index in [2.05, 4.69) is 5.32 Å². The van der Waals surface area contributed by atoms with Crippen LogP contribution in [0.2, 0.25) is 5.02 Å². The Morgan fingerprint density at radius 3 is 2.58 bits per heavy atom. The first-order valence-electron chi connectivity index (χ1n) is 10.1. The molecule has 0 saturated carbocycles. The van der Waals surface area contributed by atoms with E-state index in [-0.39, 0.29) is 17.2 Å². The van der Waals surface area contributed by atoms with Gasteiger partial charge in [0.2, 0.25) is 5.91 Å². The number of benzene rings is 3. The van der Waals surface area contributed by atoms with Gasteiger partial charge >= 0.3 is 0 Å². The van der Waals surface area contributed by atoms with E-state index in [4.69, 9.17) is 16.6 Å². The second kappa shape index (κ2) is 9.49. The second-order valence-electron chi connectivity index (χ2n) is 7.43. The van der Waals surface area contributed by atoms with Crippen LogP contribution in [0.25, 0.3) is 16.6 Å². The SMILES string of the molecule is Cc1cccc(C)c1-n1c(SCC(=O)Nc2cc(Cl)ccc2C#N)nc2ccccc2c1=O. The molecule has 0 aliphatic carbocycles. The molecule has 4 aromatic rings. The van der Waals surface area contributed by atoms with Gasteiger partial charge in [-0.3, -0.25) is 14.2 Å². The quantitative estimate of drug-likeness (QED) is 0.315. The molecule has 164 valence electrons. The van der Waals surface area contributed by atoms with Crippen molar-refractivity contribution < 1.29 is 4.79 Å². The number of hydrogen-bond acceptors (Lipinski definition) is 5. The minimum Gasteiger partial charge on any atom is -0.324 e. The summed E-state index contributed by atoms with van der Waals surface area (Å²) in [7, 11) is 0. The number of rotatable bonds is 5. The van der Waals surface area contributed by atoms with Gasteiger partial charge in [0.25, 0.3) is 5.56 Å². The predicted octanol–water partition coefficient (Wildman–Crippen LogP) is 5.26. The highest BCUT2D eigenvalue weighted by molar-refractivity contribution is 7.99. The highest BCUT2D eigenvalue weighted by atomic mass is 35.5. The van der Waals surface area contributed by atoms with Crippen LogP contribution in [0.5, 0.6) is 0 Å². The number of nitrogens with one attached hydrogen (secondary N) is 1. The van der Waals surface area contributed by atoms with E-state index in [0.717, 1.165) is 28.6 Å². The largest absolute Gasteiger partial charge is 0.324 e. The van der Waals surface area contributed by atoms with Crippen LogP contribution in [-0.2, 0) is 4.79 Å². The van der Waals surface area contributed by atoms with E-state index in [9.17, 15) is 14.9 Å². The van der Waals surface area contributed by atoms with Gasteiger partial charge in [-0.15, -0.1) is 0 Å². The Hall–Kier alpha value is -3.60. The van der Waals surface area contributed by atoms with Crippen molar-refractivity contribution in [1.29, 1.82) is 5.26 Å². The Labute approximate surface area is 199 Å². The van der Waals surface area contributed by atoms with Crippen molar-refractivity contribution in [3.05, 3.63) is 92.7 Å². The monoisotopic (exact) mass is 474 g/mol. The van der Waals surface area contributed by atoms with E-state index < -0.39 is 0 Å². The summed E-state index contributed by atoms with van der Waals surface area (Å²) >= 11 is 7.16. The summed E-state index contributed by atoms with van der Waals surface area (Å²) in [5, 5.41) is 13.3. The van der Waals surface area contributed by atoms with E-state index in [1.54, 1.807) is 34.9 Å². The molecule has 33 heavy (non-hydrogen) atoms. The van der Waals surface area contributed by atoms with Gasteiger partial charge in [0, 0.05) is 5.02 Å². The third kappa shape index (κ3) is 4.63. The van der Waals surface area contributed by atoms with Gasteiger partial charge in [0.15, 0.2) is 5.16 Å². The zero-order chi connectivity index (χ0) is 23.5. The number of anilines is 1. The molecule has 1 aromatic heterocycles. The lowest BCUT2D eigenvalue weighted by molar-refractivity contribution is -0.113. The third-order valence-corrected chi connectivity index (χ3v) is 6.29. The Bertz CT molecular complexity index is 1470. The Kier molecular flexibility index (Phi) is 6.50. The van der Waals surface area contributed by atoms with E-state index in [1.807, 2.05) is 44.2 Å². The third-order valence-electron chi connectivity index (χ3n) is 5.12. The van der Waals surface area contributed by atoms with Gasteiger partial charge in [-0.1, -0.05) is 53.7 Å². The number of nitriles is 1. The lowest BCUT2D eigenvalue weighted by atomic mass is 10.1. The number of aromatic nitrogens is 2. The van der Waals surface area contributed by atoms with Crippen LogP contribution in [-0.4, -0.2) is 21.2 Å². The molecule has 0 unspecified atom stereocenters. The maximum atomic E-state index is 13.5. The fourth-order valence-electron chi connectivity index (χ4n) is 3.60. The molecule has 0 aliphatic rings. The second-order valence-corrected chi connectivity index (χ2v) is 8.81. The van der Waals surface area contributed by atoms with E-state index in [0.29, 0.717) is 32.3 Å².